The highest BCUT2D eigenvalue weighted by Crippen LogP contribution is 2.62. The van der Waals surface area contributed by atoms with Crippen LogP contribution < -0.4 is 15.4 Å². The monoisotopic (exact) mass is 409 g/mol. The van der Waals surface area contributed by atoms with Gasteiger partial charge in [0.1, 0.15) is 11.5 Å². The third-order valence-corrected chi connectivity index (χ3v) is 7.15. The van der Waals surface area contributed by atoms with Crippen LogP contribution in [0.2, 0.25) is 0 Å². The van der Waals surface area contributed by atoms with Crippen molar-refractivity contribution >= 4 is 5.96 Å². The molecule has 2 aromatic rings. The Morgan fingerprint density at radius 1 is 1.23 bits per heavy atom. The first kappa shape index (κ1) is 19.5. The van der Waals surface area contributed by atoms with Crippen molar-refractivity contribution in [1.29, 1.82) is 0 Å². The molecule has 6 heteroatoms. The van der Waals surface area contributed by atoms with Crippen molar-refractivity contribution in [1.82, 2.24) is 10.6 Å². The van der Waals surface area contributed by atoms with E-state index in [0.29, 0.717) is 30.0 Å². The number of guanidine groups is 1. The molecule has 3 fully saturated rings. The predicted octanol–water partition coefficient (Wildman–Crippen LogP) is 3.52. The summed E-state index contributed by atoms with van der Waals surface area (Å²) >= 11 is 0. The lowest BCUT2D eigenvalue weighted by molar-refractivity contribution is -0.171. The number of nitrogens with one attached hydrogen (secondary N) is 2. The van der Waals surface area contributed by atoms with Gasteiger partial charge in [0.25, 0.3) is 0 Å². The lowest BCUT2D eigenvalue weighted by atomic mass is 9.46. The number of furan rings is 1. The average molecular weight is 410 g/mol. The molecule has 2 heterocycles. The summed E-state index contributed by atoms with van der Waals surface area (Å²) in [6, 6.07) is 12.5. The molecule has 160 valence electrons. The van der Waals surface area contributed by atoms with Crippen LogP contribution in [0.15, 0.2) is 52.1 Å². The molecule has 1 spiro atoms. The minimum absolute atomic E-state index is 0.324. The molecule has 0 amide bonds. The molecule has 3 atom stereocenters. The maximum Gasteiger partial charge on any atom is 0.191 e. The molecule has 0 bridgehead atoms. The van der Waals surface area contributed by atoms with Gasteiger partial charge < -0.3 is 24.5 Å². The number of methoxy groups -OCH3 is 1. The normalized spacial score (nSPS) is 26.6. The molecule has 1 aromatic heterocycles. The van der Waals surface area contributed by atoms with E-state index in [1.165, 1.54) is 19.3 Å². The molecule has 30 heavy (non-hydrogen) atoms. The number of hydrogen-bond acceptors (Lipinski definition) is 4. The maximum absolute atomic E-state index is 6.08. The SMILES string of the molecule is COc1ccc(CN=C(NCCc2ccco2)NC2C3CCOC3C23CCC3)cc1. The summed E-state index contributed by atoms with van der Waals surface area (Å²) < 4.78 is 16.8. The molecular formula is C24H31N3O3. The minimum Gasteiger partial charge on any atom is -0.497 e. The number of nitrogens with zero attached hydrogens (tertiary/aromatic N) is 1. The standard InChI is InChI=1S/C24H31N3O3/c1-28-18-7-5-17(6-8-18)16-26-23(25-13-9-19-4-2-14-29-19)27-21-20-10-15-30-22(20)24(21)11-3-12-24/h2,4-8,14,20-22H,3,9-13,15-16H2,1H3,(H2,25,26,27). The number of aliphatic imine (C=N–C) groups is 1. The number of rotatable bonds is 7. The number of benzene rings is 1. The van der Waals surface area contributed by atoms with Crippen molar-refractivity contribution in [2.75, 3.05) is 20.3 Å². The first-order valence-electron chi connectivity index (χ1n) is 11.1. The minimum atomic E-state index is 0.324. The summed E-state index contributed by atoms with van der Waals surface area (Å²) in [5, 5.41) is 7.32. The fraction of sp³-hybridized carbons (Fsp3) is 0.542. The highest BCUT2D eigenvalue weighted by molar-refractivity contribution is 5.80. The van der Waals surface area contributed by atoms with Crippen molar-refractivity contribution in [2.24, 2.45) is 16.3 Å². The van der Waals surface area contributed by atoms with Crippen LogP contribution in [-0.4, -0.2) is 38.4 Å². The molecule has 2 saturated carbocycles. The van der Waals surface area contributed by atoms with Crippen molar-refractivity contribution in [3.63, 3.8) is 0 Å². The van der Waals surface area contributed by atoms with Gasteiger partial charge in [-0.15, -0.1) is 0 Å². The second-order valence-electron chi connectivity index (χ2n) is 8.72. The summed E-state index contributed by atoms with van der Waals surface area (Å²) in [4.78, 5) is 4.91. The fourth-order valence-corrected chi connectivity index (χ4v) is 5.42. The summed E-state index contributed by atoms with van der Waals surface area (Å²) in [5.41, 5.74) is 1.49. The zero-order valence-electron chi connectivity index (χ0n) is 17.6. The number of hydrogen-bond donors (Lipinski definition) is 2. The zero-order valence-corrected chi connectivity index (χ0v) is 17.6. The van der Waals surface area contributed by atoms with Crippen LogP contribution in [-0.2, 0) is 17.7 Å². The van der Waals surface area contributed by atoms with E-state index < -0.39 is 0 Å². The Labute approximate surface area is 178 Å². The predicted molar refractivity (Wildman–Crippen MR) is 116 cm³/mol. The van der Waals surface area contributed by atoms with E-state index in [4.69, 9.17) is 18.9 Å². The first-order valence-corrected chi connectivity index (χ1v) is 11.1. The molecule has 5 rings (SSSR count). The molecule has 1 aromatic carbocycles. The Bertz CT molecular complexity index is 858. The number of fused-ring (bicyclic) bond motifs is 2. The maximum atomic E-state index is 6.08. The summed E-state index contributed by atoms with van der Waals surface area (Å²) in [5.74, 6) is 3.36. The average Bonchev–Trinajstić information content (AvgIpc) is 3.40. The topological polar surface area (TPSA) is 68.0 Å². The van der Waals surface area contributed by atoms with Crippen LogP contribution in [0.25, 0.3) is 0 Å². The molecule has 3 aliphatic rings. The van der Waals surface area contributed by atoms with E-state index in [2.05, 4.69) is 22.8 Å². The highest BCUT2D eigenvalue weighted by Gasteiger charge is 2.66. The van der Waals surface area contributed by atoms with E-state index in [1.807, 2.05) is 24.3 Å². The van der Waals surface area contributed by atoms with Crippen molar-refractivity contribution in [2.45, 2.75) is 50.8 Å². The second-order valence-corrected chi connectivity index (χ2v) is 8.72. The lowest BCUT2D eigenvalue weighted by Gasteiger charge is -2.63. The van der Waals surface area contributed by atoms with Crippen LogP contribution in [0.5, 0.6) is 5.75 Å². The molecular weight excluding hydrogens is 378 g/mol. The van der Waals surface area contributed by atoms with E-state index >= 15 is 0 Å². The van der Waals surface area contributed by atoms with Gasteiger partial charge in [-0.3, -0.25) is 0 Å². The van der Waals surface area contributed by atoms with Gasteiger partial charge in [-0.2, -0.15) is 0 Å². The smallest absolute Gasteiger partial charge is 0.191 e. The van der Waals surface area contributed by atoms with E-state index in [-0.39, 0.29) is 0 Å². The number of ether oxygens (including phenoxy) is 2. The summed E-state index contributed by atoms with van der Waals surface area (Å²) in [7, 11) is 1.69. The molecule has 3 unspecified atom stereocenters. The van der Waals surface area contributed by atoms with Gasteiger partial charge in [-0.25, -0.2) is 4.99 Å². The van der Waals surface area contributed by atoms with Gasteiger partial charge in [0.2, 0.25) is 0 Å². The van der Waals surface area contributed by atoms with E-state index in [0.717, 1.165) is 49.0 Å². The summed E-state index contributed by atoms with van der Waals surface area (Å²) in [6.45, 7) is 2.32. The highest BCUT2D eigenvalue weighted by atomic mass is 16.5. The molecule has 2 aliphatic carbocycles. The fourth-order valence-electron chi connectivity index (χ4n) is 5.42. The quantitative estimate of drug-likeness (QED) is 0.541. The van der Waals surface area contributed by atoms with Crippen molar-refractivity contribution in [3.05, 3.63) is 54.0 Å². The molecule has 2 N–H and O–H groups in total. The van der Waals surface area contributed by atoms with Gasteiger partial charge in [0.05, 0.1) is 26.0 Å². The molecule has 0 radical (unpaired) electrons. The Morgan fingerprint density at radius 2 is 2.10 bits per heavy atom. The van der Waals surface area contributed by atoms with E-state index in [9.17, 15) is 0 Å². The third-order valence-electron chi connectivity index (χ3n) is 7.15. The second kappa shape index (κ2) is 8.34. The van der Waals surface area contributed by atoms with Crippen LogP contribution in [0.4, 0.5) is 0 Å². The van der Waals surface area contributed by atoms with Gasteiger partial charge in [-0.05, 0) is 49.1 Å². The summed E-state index contributed by atoms with van der Waals surface area (Å²) in [6.07, 6.45) is 8.02. The van der Waals surface area contributed by atoms with E-state index in [1.54, 1.807) is 13.4 Å². The largest absolute Gasteiger partial charge is 0.497 e. The van der Waals surface area contributed by atoms with Gasteiger partial charge >= 0.3 is 0 Å². The van der Waals surface area contributed by atoms with Gasteiger partial charge in [0, 0.05) is 36.9 Å². The lowest BCUT2D eigenvalue weighted by Crippen LogP contribution is -2.72. The van der Waals surface area contributed by atoms with Gasteiger partial charge in [-0.1, -0.05) is 18.6 Å². The molecule has 1 aliphatic heterocycles. The molecule has 6 nitrogen and oxygen atoms in total. The Balaban J connectivity index is 1.27. The van der Waals surface area contributed by atoms with Crippen LogP contribution in [0, 0.1) is 11.3 Å². The zero-order chi connectivity index (χ0) is 20.4. The third kappa shape index (κ3) is 3.58. The Hall–Kier alpha value is -2.47. The Morgan fingerprint density at radius 3 is 2.80 bits per heavy atom. The molecule has 1 saturated heterocycles. The Kier molecular flexibility index (Phi) is 5.42. The van der Waals surface area contributed by atoms with Crippen LogP contribution >= 0.6 is 0 Å². The van der Waals surface area contributed by atoms with Crippen LogP contribution in [0.3, 0.4) is 0 Å². The van der Waals surface area contributed by atoms with Gasteiger partial charge in [0.15, 0.2) is 5.96 Å². The van der Waals surface area contributed by atoms with Crippen molar-refractivity contribution in [3.8, 4) is 5.75 Å². The van der Waals surface area contributed by atoms with Crippen molar-refractivity contribution < 1.29 is 13.9 Å². The first-order chi connectivity index (χ1) is 14.8. The van der Waals surface area contributed by atoms with Crippen LogP contribution in [0.1, 0.15) is 37.0 Å².